The van der Waals surface area contributed by atoms with E-state index in [1.54, 1.807) is 0 Å². The van der Waals surface area contributed by atoms with Crippen molar-refractivity contribution in [1.29, 1.82) is 0 Å². The SMILES string of the molecule is CCNc1oc(C(=O)O)cc1Br. The summed E-state index contributed by atoms with van der Waals surface area (Å²) in [6.45, 7) is 2.58. The van der Waals surface area contributed by atoms with Crippen LogP contribution in [0.4, 0.5) is 5.88 Å². The molecule has 0 aliphatic rings. The van der Waals surface area contributed by atoms with E-state index in [1.165, 1.54) is 6.07 Å². The summed E-state index contributed by atoms with van der Waals surface area (Å²) >= 11 is 3.17. The van der Waals surface area contributed by atoms with Crippen LogP contribution in [0.2, 0.25) is 0 Å². The van der Waals surface area contributed by atoms with Crippen LogP contribution in [0.3, 0.4) is 0 Å². The van der Waals surface area contributed by atoms with Crippen LogP contribution < -0.4 is 5.32 Å². The van der Waals surface area contributed by atoms with E-state index in [9.17, 15) is 4.79 Å². The summed E-state index contributed by atoms with van der Waals surface area (Å²) in [7, 11) is 0. The van der Waals surface area contributed by atoms with Crippen molar-refractivity contribution in [1.82, 2.24) is 0 Å². The number of rotatable bonds is 3. The van der Waals surface area contributed by atoms with E-state index < -0.39 is 5.97 Å². The van der Waals surface area contributed by atoms with Crippen molar-refractivity contribution in [2.45, 2.75) is 6.92 Å². The summed E-state index contributed by atoms with van der Waals surface area (Å²) in [5.41, 5.74) is 0. The second kappa shape index (κ2) is 3.62. The summed E-state index contributed by atoms with van der Waals surface area (Å²) in [6, 6.07) is 1.42. The molecular formula is C7H8BrNO3. The van der Waals surface area contributed by atoms with Gasteiger partial charge in [-0.2, -0.15) is 0 Å². The van der Waals surface area contributed by atoms with Crippen LogP contribution >= 0.6 is 15.9 Å². The largest absolute Gasteiger partial charge is 0.475 e. The second-order valence-electron chi connectivity index (χ2n) is 2.12. The predicted molar refractivity (Wildman–Crippen MR) is 47.5 cm³/mol. The maximum absolute atomic E-state index is 10.4. The van der Waals surface area contributed by atoms with Gasteiger partial charge in [-0.05, 0) is 22.9 Å². The molecule has 66 valence electrons. The summed E-state index contributed by atoms with van der Waals surface area (Å²) in [4.78, 5) is 10.4. The lowest BCUT2D eigenvalue weighted by molar-refractivity contribution is 0.0663. The quantitative estimate of drug-likeness (QED) is 0.841. The number of hydrogen-bond acceptors (Lipinski definition) is 3. The molecule has 0 aliphatic carbocycles. The highest BCUT2D eigenvalue weighted by molar-refractivity contribution is 9.10. The van der Waals surface area contributed by atoms with Gasteiger partial charge in [0.25, 0.3) is 0 Å². The van der Waals surface area contributed by atoms with Gasteiger partial charge in [0.1, 0.15) is 0 Å². The zero-order valence-electron chi connectivity index (χ0n) is 6.43. The van der Waals surface area contributed by atoms with Crippen LogP contribution in [0.5, 0.6) is 0 Å². The minimum absolute atomic E-state index is 0.0715. The van der Waals surface area contributed by atoms with Crippen molar-refractivity contribution in [2.24, 2.45) is 0 Å². The average Bonchev–Trinajstić information content (AvgIpc) is 2.34. The Morgan fingerprint density at radius 1 is 1.83 bits per heavy atom. The molecule has 4 nitrogen and oxygen atoms in total. The van der Waals surface area contributed by atoms with Crippen molar-refractivity contribution < 1.29 is 14.3 Å². The third-order valence-electron chi connectivity index (χ3n) is 1.23. The number of halogens is 1. The van der Waals surface area contributed by atoms with E-state index in [0.29, 0.717) is 16.9 Å². The molecule has 0 spiro atoms. The Morgan fingerprint density at radius 2 is 2.50 bits per heavy atom. The Labute approximate surface area is 77.7 Å². The van der Waals surface area contributed by atoms with Gasteiger partial charge in [-0.25, -0.2) is 4.79 Å². The van der Waals surface area contributed by atoms with E-state index in [-0.39, 0.29) is 5.76 Å². The smallest absolute Gasteiger partial charge is 0.371 e. The first-order valence-corrected chi connectivity index (χ1v) is 4.21. The van der Waals surface area contributed by atoms with E-state index in [1.807, 2.05) is 6.92 Å². The van der Waals surface area contributed by atoms with E-state index in [4.69, 9.17) is 9.52 Å². The normalized spacial score (nSPS) is 9.83. The van der Waals surface area contributed by atoms with Gasteiger partial charge in [-0.15, -0.1) is 0 Å². The van der Waals surface area contributed by atoms with Crippen molar-refractivity contribution >= 4 is 27.8 Å². The van der Waals surface area contributed by atoms with Gasteiger partial charge in [0.05, 0.1) is 4.47 Å². The molecule has 0 unspecified atom stereocenters. The molecule has 2 N–H and O–H groups in total. The van der Waals surface area contributed by atoms with Crippen LogP contribution in [-0.2, 0) is 0 Å². The lowest BCUT2D eigenvalue weighted by atomic mass is 10.4. The van der Waals surface area contributed by atoms with Gasteiger partial charge in [0, 0.05) is 12.6 Å². The summed E-state index contributed by atoms with van der Waals surface area (Å²) in [5.74, 6) is -0.687. The standard InChI is InChI=1S/C7H8BrNO3/c1-2-9-6-4(8)3-5(12-6)7(10)11/h3,9H,2H2,1H3,(H,10,11). The zero-order valence-corrected chi connectivity index (χ0v) is 8.01. The molecule has 0 fully saturated rings. The highest BCUT2D eigenvalue weighted by Crippen LogP contribution is 2.26. The number of furan rings is 1. The average molecular weight is 234 g/mol. The van der Waals surface area contributed by atoms with Crippen molar-refractivity contribution in [2.75, 3.05) is 11.9 Å². The zero-order chi connectivity index (χ0) is 9.14. The molecule has 1 rings (SSSR count). The Bertz CT molecular complexity index is 295. The topological polar surface area (TPSA) is 62.5 Å². The number of carbonyl (C=O) groups is 1. The monoisotopic (exact) mass is 233 g/mol. The van der Waals surface area contributed by atoms with Gasteiger partial charge >= 0.3 is 5.97 Å². The molecule has 0 aromatic carbocycles. The first-order valence-electron chi connectivity index (χ1n) is 3.41. The third-order valence-corrected chi connectivity index (χ3v) is 1.82. The highest BCUT2D eigenvalue weighted by atomic mass is 79.9. The van der Waals surface area contributed by atoms with Gasteiger partial charge in [0.2, 0.25) is 11.6 Å². The van der Waals surface area contributed by atoms with Crippen LogP contribution in [0.15, 0.2) is 15.0 Å². The van der Waals surface area contributed by atoms with Crippen LogP contribution in [0.25, 0.3) is 0 Å². The number of hydrogen-bond donors (Lipinski definition) is 2. The summed E-state index contributed by atoms with van der Waals surface area (Å²) < 4.78 is 5.59. The number of anilines is 1. The minimum atomic E-state index is -1.07. The maximum atomic E-state index is 10.4. The van der Waals surface area contributed by atoms with Crippen LogP contribution in [0.1, 0.15) is 17.5 Å². The Balaban J connectivity index is 2.92. The molecule has 0 aliphatic heterocycles. The molecule has 0 amide bonds. The van der Waals surface area contributed by atoms with Gasteiger partial charge < -0.3 is 14.8 Å². The molecule has 12 heavy (non-hydrogen) atoms. The van der Waals surface area contributed by atoms with Gasteiger partial charge in [-0.1, -0.05) is 0 Å². The van der Waals surface area contributed by atoms with Crippen molar-refractivity contribution in [3.63, 3.8) is 0 Å². The molecule has 1 heterocycles. The number of carboxylic acid groups (broad SMARTS) is 1. The maximum Gasteiger partial charge on any atom is 0.371 e. The fraction of sp³-hybridized carbons (Fsp3) is 0.286. The predicted octanol–water partition coefficient (Wildman–Crippen LogP) is 2.17. The van der Waals surface area contributed by atoms with Crippen LogP contribution in [-0.4, -0.2) is 17.6 Å². The Kier molecular flexibility index (Phi) is 2.75. The number of nitrogens with one attached hydrogen (secondary N) is 1. The summed E-state index contributed by atoms with van der Waals surface area (Å²) in [5, 5.41) is 11.4. The van der Waals surface area contributed by atoms with Crippen LogP contribution in [0, 0.1) is 0 Å². The second-order valence-corrected chi connectivity index (χ2v) is 2.98. The van der Waals surface area contributed by atoms with Gasteiger partial charge in [0.15, 0.2) is 0 Å². The number of carboxylic acids is 1. The molecule has 0 saturated carbocycles. The van der Waals surface area contributed by atoms with E-state index in [2.05, 4.69) is 21.2 Å². The molecular weight excluding hydrogens is 226 g/mol. The Hall–Kier alpha value is -0.970. The first kappa shape index (κ1) is 9.12. The van der Waals surface area contributed by atoms with E-state index in [0.717, 1.165) is 0 Å². The molecule has 5 heteroatoms. The Morgan fingerprint density at radius 3 is 2.92 bits per heavy atom. The number of aromatic carboxylic acids is 1. The van der Waals surface area contributed by atoms with Gasteiger partial charge in [-0.3, -0.25) is 0 Å². The fourth-order valence-corrected chi connectivity index (χ4v) is 1.18. The molecule has 0 atom stereocenters. The highest BCUT2D eigenvalue weighted by Gasteiger charge is 2.12. The summed E-state index contributed by atoms with van der Waals surface area (Å²) in [6.07, 6.45) is 0. The first-order chi connectivity index (χ1) is 5.65. The molecule has 0 bridgehead atoms. The van der Waals surface area contributed by atoms with E-state index >= 15 is 0 Å². The molecule has 0 saturated heterocycles. The lowest BCUT2D eigenvalue weighted by Crippen LogP contribution is -1.95. The molecule has 1 aromatic rings. The van der Waals surface area contributed by atoms with Crippen molar-refractivity contribution in [3.05, 3.63) is 16.3 Å². The molecule has 0 radical (unpaired) electrons. The third kappa shape index (κ3) is 1.79. The fourth-order valence-electron chi connectivity index (χ4n) is 0.755. The molecule has 1 aromatic heterocycles. The van der Waals surface area contributed by atoms with Crippen molar-refractivity contribution in [3.8, 4) is 0 Å². The minimum Gasteiger partial charge on any atom is -0.475 e. The lowest BCUT2D eigenvalue weighted by Gasteiger charge is -1.96.